The van der Waals surface area contributed by atoms with Gasteiger partial charge in [-0.1, -0.05) is 42.5 Å². The van der Waals surface area contributed by atoms with Crippen LogP contribution in [-0.4, -0.2) is 51.3 Å². The molecule has 1 unspecified atom stereocenters. The lowest BCUT2D eigenvalue weighted by Crippen LogP contribution is -2.42. The first-order valence-corrected chi connectivity index (χ1v) is 13.6. The monoisotopic (exact) mass is 526 g/mol. The molecule has 1 atom stereocenters. The van der Waals surface area contributed by atoms with Gasteiger partial charge in [-0.15, -0.1) is 0 Å². The average molecular weight is 526 g/mol. The second-order valence-electron chi connectivity index (χ2n) is 10.4. The van der Waals surface area contributed by atoms with Gasteiger partial charge in [0, 0.05) is 61.3 Å². The lowest BCUT2D eigenvalue weighted by molar-refractivity contribution is -0.133. The predicted octanol–water partition coefficient (Wildman–Crippen LogP) is 4.17. The number of nitrogens with zero attached hydrogens (tertiary/aromatic N) is 5. The van der Waals surface area contributed by atoms with E-state index in [1.165, 1.54) is 0 Å². The van der Waals surface area contributed by atoms with Crippen molar-refractivity contribution in [1.82, 2.24) is 24.5 Å². The molecule has 0 saturated carbocycles. The predicted molar refractivity (Wildman–Crippen MR) is 153 cm³/mol. The molecule has 9 heteroatoms. The van der Waals surface area contributed by atoms with E-state index in [0.29, 0.717) is 30.7 Å². The van der Waals surface area contributed by atoms with E-state index in [0.717, 1.165) is 52.5 Å². The van der Waals surface area contributed by atoms with Crippen LogP contribution in [0, 0.1) is 0 Å². The summed E-state index contributed by atoms with van der Waals surface area (Å²) in [4.78, 5) is 25.3. The molecule has 1 saturated heterocycles. The molecule has 0 aliphatic carbocycles. The molecule has 5 heterocycles. The largest absolute Gasteiger partial charge is 0.457 e. The molecule has 2 radical (unpaired) electrons. The first kappa shape index (κ1) is 24.4. The van der Waals surface area contributed by atoms with Crippen molar-refractivity contribution in [3.63, 3.8) is 0 Å². The Morgan fingerprint density at radius 3 is 2.55 bits per heavy atom. The molecule has 1 N–H and O–H groups in total. The van der Waals surface area contributed by atoms with E-state index in [4.69, 9.17) is 17.6 Å². The summed E-state index contributed by atoms with van der Waals surface area (Å²) in [5.41, 5.74) is 4.90. The number of piperidine rings is 1. The van der Waals surface area contributed by atoms with Crippen LogP contribution in [0.25, 0.3) is 5.65 Å². The normalized spacial score (nSPS) is 16.7. The Kier molecular flexibility index (Phi) is 6.19. The molecule has 1 fully saturated rings. The Balaban J connectivity index is 1.19. The summed E-state index contributed by atoms with van der Waals surface area (Å²) < 4.78 is 7.87. The molecule has 0 spiro atoms. The second-order valence-corrected chi connectivity index (χ2v) is 10.4. The topological polar surface area (TPSA) is 84.7 Å². The molecule has 196 valence electrons. The number of aromatic nitrogens is 4. The van der Waals surface area contributed by atoms with E-state index in [1.807, 2.05) is 77.8 Å². The number of anilines is 1. The summed E-state index contributed by atoms with van der Waals surface area (Å²) in [6.45, 7) is 1.88. The van der Waals surface area contributed by atoms with Crippen LogP contribution in [0.3, 0.4) is 0 Å². The second kappa shape index (κ2) is 10.1. The number of amides is 1. The number of benzene rings is 2. The Hall–Kier alpha value is -4.66. The van der Waals surface area contributed by atoms with Gasteiger partial charge in [0.1, 0.15) is 25.2 Å². The molecule has 7 rings (SSSR count). The highest BCUT2D eigenvalue weighted by molar-refractivity contribution is 6.36. The highest BCUT2D eigenvalue weighted by atomic mass is 16.5. The fraction of sp³-hybridized carbons (Fsp3) is 0.226. The number of nitrogens with one attached hydrogen (secondary N) is 1. The fourth-order valence-corrected chi connectivity index (χ4v) is 5.81. The maximum absolute atomic E-state index is 14.2. The number of pyridine rings is 1. The maximum atomic E-state index is 14.2. The molecule has 2 aliphatic heterocycles. The minimum Gasteiger partial charge on any atom is -0.457 e. The third kappa shape index (κ3) is 4.37. The van der Waals surface area contributed by atoms with Crippen LogP contribution in [0.15, 0.2) is 85.3 Å². The van der Waals surface area contributed by atoms with Crippen molar-refractivity contribution in [1.29, 1.82) is 0 Å². The number of ether oxygens (including phenoxy) is 1. The molecule has 2 aliphatic rings. The van der Waals surface area contributed by atoms with Crippen LogP contribution >= 0.6 is 0 Å². The van der Waals surface area contributed by atoms with Crippen LogP contribution in [0.2, 0.25) is 0 Å². The Labute approximate surface area is 233 Å². The Morgan fingerprint density at radius 1 is 1.02 bits per heavy atom. The van der Waals surface area contributed by atoms with Gasteiger partial charge in [-0.3, -0.25) is 9.78 Å². The van der Waals surface area contributed by atoms with E-state index in [2.05, 4.69) is 15.4 Å². The molecule has 0 bridgehead atoms. The zero-order valence-corrected chi connectivity index (χ0v) is 21.9. The average Bonchev–Trinajstić information content (AvgIpc) is 3.39. The van der Waals surface area contributed by atoms with Crippen molar-refractivity contribution in [2.45, 2.75) is 31.2 Å². The Bertz CT molecular complexity index is 1660. The zero-order valence-electron chi connectivity index (χ0n) is 21.9. The standard InChI is InChI=1S/C31H27BN6O2/c32-24-18-35-38-28(34-17-20-7-5-13-33-16-20)15-25(36-30(24)38)21-8-6-14-37(19-21)31(39)29-22-9-1-3-11-26(22)40-27-12-4-2-10-23(27)29/h1-5,7,9-13,15-16,18,21,29,34H,6,8,14,17,19H2. The first-order valence-electron chi connectivity index (χ1n) is 13.6. The van der Waals surface area contributed by atoms with Gasteiger partial charge in [0.15, 0.2) is 5.65 Å². The van der Waals surface area contributed by atoms with Crippen LogP contribution < -0.4 is 15.5 Å². The molecule has 2 aromatic carbocycles. The highest BCUT2D eigenvalue weighted by Crippen LogP contribution is 2.45. The summed E-state index contributed by atoms with van der Waals surface area (Å²) in [7, 11) is 6.25. The lowest BCUT2D eigenvalue weighted by Gasteiger charge is -2.37. The first-order chi connectivity index (χ1) is 19.7. The molecular formula is C31H27BN6O2. The van der Waals surface area contributed by atoms with Gasteiger partial charge < -0.3 is 15.0 Å². The van der Waals surface area contributed by atoms with Gasteiger partial charge in [-0.25, -0.2) is 4.98 Å². The van der Waals surface area contributed by atoms with E-state index in [-0.39, 0.29) is 11.8 Å². The van der Waals surface area contributed by atoms with Crippen LogP contribution in [0.1, 0.15) is 47.1 Å². The molecule has 8 nitrogen and oxygen atoms in total. The minimum absolute atomic E-state index is 0.0706. The van der Waals surface area contributed by atoms with Gasteiger partial charge in [0.25, 0.3) is 0 Å². The highest BCUT2D eigenvalue weighted by Gasteiger charge is 2.37. The van der Waals surface area contributed by atoms with Gasteiger partial charge in [-0.2, -0.15) is 9.61 Å². The molecular weight excluding hydrogens is 499 g/mol. The number of carbonyl (C=O) groups excluding carboxylic acids is 1. The number of fused-ring (bicyclic) bond motifs is 3. The molecule has 3 aromatic heterocycles. The van der Waals surface area contributed by atoms with Gasteiger partial charge in [-0.05, 0) is 42.1 Å². The minimum atomic E-state index is -0.405. The van der Waals surface area contributed by atoms with E-state index in [1.54, 1.807) is 16.9 Å². The van der Waals surface area contributed by atoms with Crippen molar-refractivity contribution in [2.24, 2.45) is 0 Å². The molecule has 1 amide bonds. The lowest BCUT2D eigenvalue weighted by atomic mass is 9.85. The smallest absolute Gasteiger partial charge is 0.234 e. The third-order valence-corrected chi connectivity index (χ3v) is 7.79. The summed E-state index contributed by atoms with van der Waals surface area (Å²) in [6.07, 6.45) is 7.04. The van der Waals surface area contributed by atoms with Gasteiger partial charge in [0.2, 0.25) is 5.91 Å². The number of carbonyl (C=O) groups is 1. The van der Waals surface area contributed by atoms with Crippen LogP contribution in [0.5, 0.6) is 11.5 Å². The van der Waals surface area contributed by atoms with Gasteiger partial charge in [0.05, 0.1) is 11.6 Å². The third-order valence-electron chi connectivity index (χ3n) is 7.79. The quantitative estimate of drug-likeness (QED) is 0.346. The van der Waals surface area contributed by atoms with Crippen LogP contribution in [0.4, 0.5) is 5.82 Å². The van der Waals surface area contributed by atoms with Crippen molar-refractivity contribution in [2.75, 3.05) is 18.4 Å². The number of hydrogen-bond donors (Lipinski definition) is 1. The van der Waals surface area contributed by atoms with Crippen molar-refractivity contribution in [3.8, 4) is 11.5 Å². The SMILES string of the molecule is [B]c1cnn2c(NCc3cccnc3)cc(C3CCCN(C(=O)C4c5ccccc5Oc5ccccc54)C3)nc12. The molecule has 5 aromatic rings. The number of para-hydroxylation sites is 2. The molecule has 40 heavy (non-hydrogen) atoms. The van der Waals surface area contributed by atoms with Gasteiger partial charge >= 0.3 is 0 Å². The van der Waals surface area contributed by atoms with E-state index in [9.17, 15) is 4.79 Å². The van der Waals surface area contributed by atoms with E-state index < -0.39 is 5.92 Å². The van der Waals surface area contributed by atoms with Crippen molar-refractivity contribution >= 4 is 30.7 Å². The van der Waals surface area contributed by atoms with Crippen LogP contribution in [-0.2, 0) is 11.3 Å². The Morgan fingerprint density at radius 2 is 1.80 bits per heavy atom. The summed E-state index contributed by atoms with van der Waals surface area (Å²) in [6, 6.07) is 21.6. The zero-order chi connectivity index (χ0) is 27.1. The summed E-state index contributed by atoms with van der Waals surface area (Å²) >= 11 is 0. The summed E-state index contributed by atoms with van der Waals surface area (Å²) in [5, 5.41) is 7.91. The number of rotatable bonds is 5. The number of likely N-dealkylation sites (tertiary alicyclic amines) is 1. The number of hydrogen-bond acceptors (Lipinski definition) is 6. The van der Waals surface area contributed by atoms with Crippen molar-refractivity contribution < 1.29 is 9.53 Å². The van der Waals surface area contributed by atoms with Crippen molar-refractivity contribution in [3.05, 3.63) is 108 Å². The maximum Gasteiger partial charge on any atom is 0.234 e. The summed E-state index contributed by atoms with van der Waals surface area (Å²) in [5.74, 6) is 2.03. The van der Waals surface area contributed by atoms with E-state index >= 15 is 0 Å². The fourth-order valence-electron chi connectivity index (χ4n) is 5.81.